The molecule has 0 N–H and O–H groups in total. The molecule has 0 aliphatic rings. The molecule has 2 aromatic rings. The molecule has 0 spiro atoms. The molecule has 0 heterocycles. The van der Waals surface area contributed by atoms with E-state index in [0.29, 0.717) is 10.6 Å². The van der Waals surface area contributed by atoms with E-state index >= 15 is 0 Å². The molecular weight excluding hydrogens is 274 g/mol. The molecule has 0 aliphatic carbocycles. The van der Waals surface area contributed by atoms with E-state index in [1.165, 1.54) is 0 Å². The number of ether oxygens (including phenoxy) is 1. The van der Waals surface area contributed by atoms with Crippen molar-refractivity contribution in [1.29, 1.82) is 0 Å². The molecule has 104 valence electrons. The van der Waals surface area contributed by atoms with Gasteiger partial charge in [0.25, 0.3) is 0 Å². The van der Waals surface area contributed by atoms with E-state index in [2.05, 4.69) is 0 Å². The summed E-state index contributed by atoms with van der Waals surface area (Å²) in [5.74, 6) is 0.714. The lowest BCUT2D eigenvalue weighted by molar-refractivity contribution is 0.100. The molecule has 0 unspecified atom stereocenters. The maximum Gasteiger partial charge on any atom is 0.183 e. The first-order valence-corrected chi connectivity index (χ1v) is 6.63. The van der Waals surface area contributed by atoms with Gasteiger partial charge in [0.2, 0.25) is 0 Å². The van der Waals surface area contributed by atoms with Crippen LogP contribution in [-0.2, 0) is 0 Å². The first-order chi connectivity index (χ1) is 9.63. The number of para-hydroxylation sites is 2. The molecular formula is C16H16ClNO2. The second kappa shape index (κ2) is 6.44. The van der Waals surface area contributed by atoms with Gasteiger partial charge in [0.15, 0.2) is 5.78 Å². The molecule has 0 amide bonds. The molecule has 4 heteroatoms. The number of methoxy groups -OCH3 is 1. The Hall–Kier alpha value is -2.00. The molecule has 0 fully saturated rings. The fraction of sp³-hybridized carbons (Fsp3) is 0.188. The number of ketones is 1. The van der Waals surface area contributed by atoms with E-state index in [0.717, 1.165) is 11.4 Å². The van der Waals surface area contributed by atoms with E-state index < -0.39 is 0 Å². The third kappa shape index (κ3) is 3.11. The summed E-state index contributed by atoms with van der Waals surface area (Å²) in [6.45, 7) is 0.240. The Labute approximate surface area is 123 Å². The number of carbonyl (C=O) groups is 1. The van der Waals surface area contributed by atoms with E-state index in [-0.39, 0.29) is 12.3 Å². The van der Waals surface area contributed by atoms with Crippen molar-refractivity contribution in [3.63, 3.8) is 0 Å². The second-order valence-corrected chi connectivity index (χ2v) is 4.84. The minimum atomic E-state index is -0.0241. The highest BCUT2D eigenvalue weighted by Crippen LogP contribution is 2.27. The van der Waals surface area contributed by atoms with Gasteiger partial charge in [-0.05, 0) is 24.3 Å². The number of hydrogen-bond donors (Lipinski definition) is 0. The van der Waals surface area contributed by atoms with Gasteiger partial charge in [0.1, 0.15) is 5.75 Å². The Morgan fingerprint density at radius 1 is 1.15 bits per heavy atom. The lowest BCUT2D eigenvalue weighted by atomic mass is 10.1. The van der Waals surface area contributed by atoms with Crippen LogP contribution in [0.1, 0.15) is 10.4 Å². The van der Waals surface area contributed by atoms with Crippen molar-refractivity contribution in [3.8, 4) is 5.75 Å². The maximum absolute atomic E-state index is 12.3. The summed E-state index contributed by atoms with van der Waals surface area (Å²) in [6, 6.07) is 14.7. The summed E-state index contributed by atoms with van der Waals surface area (Å²) in [6.07, 6.45) is 0. The molecule has 0 saturated heterocycles. The van der Waals surface area contributed by atoms with Crippen LogP contribution < -0.4 is 9.64 Å². The Kier molecular flexibility index (Phi) is 4.64. The first-order valence-electron chi connectivity index (χ1n) is 6.25. The SMILES string of the molecule is COc1ccccc1N(C)CC(=O)c1ccccc1Cl. The predicted octanol–water partition coefficient (Wildman–Crippen LogP) is 3.67. The van der Waals surface area contributed by atoms with Gasteiger partial charge in [-0.1, -0.05) is 35.9 Å². The summed E-state index contributed by atoms with van der Waals surface area (Å²) in [4.78, 5) is 14.1. The van der Waals surface area contributed by atoms with Crippen molar-refractivity contribution in [2.45, 2.75) is 0 Å². The molecule has 2 aromatic carbocycles. The third-order valence-electron chi connectivity index (χ3n) is 3.05. The topological polar surface area (TPSA) is 29.5 Å². The Balaban J connectivity index is 2.18. The number of nitrogens with zero attached hydrogens (tertiary/aromatic N) is 1. The lowest BCUT2D eigenvalue weighted by Crippen LogP contribution is -2.26. The zero-order valence-electron chi connectivity index (χ0n) is 11.5. The number of benzene rings is 2. The smallest absolute Gasteiger partial charge is 0.183 e. The normalized spacial score (nSPS) is 10.2. The van der Waals surface area contributed by atoms with Crippen molar-refractivity contribution in [2.75, 3.05) is 25.6 Å². The summed E-state index contributed by atoms with van der Waals surface area (Å²) in [7, 11) is 3.47. The Morgan fingerprint density at radius 2 is 1.80 bits per heavy atom. The van der Waals surface area contributed by atoms with Crippen LogP contribution in [0.3, 0.4) is 0 Å². The molecule has 0 aromatic heterocycles. The van der Waals surface area contributed by atoms with Gasteiger partial charge in [-0.15, -0.1) is 0 Å². The zero-order chi connectivity index (χ0) is 14.5. The summed E-state index contributed by atoms with van der Waals surface area (Å²) in [5.41, 5.74) is 1.41. The van der Waals surface area contributed by atoms with E-state index in [1.54, 1.807) is 19.2 Å². The zero-order valence-corrected chi connectivity index (χ0v) is 12.2. The summed E-state index contributed by atoms with van der Waals surface area (Å²) >= 11 is 6.04. The van der Waals surface area contributed by atoms with Gasteiger partial charge in [-0.25, -0.2) is 0 Å². The van der Waals surface area contributed by atoms with Crippen molar-refractivity contribution < 1.29 is 9.53 Å². The van der Waals surface area contributed by atoms with Gasteiger partial charge < -0.3 is 9.64 Å². The highest BCUT2D eigenvalue weighted by Gasteiger charge is 2.14. The molecule has 20 heavy (non-hydrogen) atoms. The van der Waals surface area contributed by atoms with Crippen LogP contribution in [0.2, 0.25) is 5.02 Å². The van der Waals surface area contributed by atoms with Crippen LogP contribution in [0, 0.1) is 0 Å². The van der Waals surface area contributed by atoms with Crippen molar-refractivity contribution in [1.82, 2.24) is 0 Å². The van der Waals surface area contributed by atoms with E-state index in [1.807, 2.05) is 48.3 Å². The van der Waals surface area contributed by atoms with E-state index in [9.17, 15) is 4.79 Å². The van der Waals surface area contributed by atoms with Crippen molar-refractivity contribution >= 4 is 23.1 Å². The van der Waals surface area contributed by atoms with Crippen molar-refractivity contribution in [2.24, 2.45) is 0 Å². The Bertz CT molecular complexity index is 613. The predicted molar refractivity (Wildman–Crippen MR) is 82.0 cm³/mol. The van der Waals surface area contributed by atoms with Crippen LogP contribution in [0.4, 0.5) is 5.69 Å². The fourth-order valence-electron chi connectivity index (χ4n) is 2.02. The minimum Gasteiger partial charge on any atom is -0.495 e. The summed E-state index contributed by atoms with van der Waals surface area (Å²) < 4.78 is 5.30. The first kappa shape index (κ1) is 14.4. The van der Waals surface area contributed by atoms with Crippen LogP contribution in [0.15, 0.2) is 48.5 Å². The van der Waals surface area contributed by atoms with E-state index in [4.69, 9.17) is 16.3 Å². The molecule has 0 bridgehead atoms. The number of Topliss-reactive ketones (excluding diaryl/α,β-unsaturated/α-hetero) is 1. The quantitative estimate of drug-likeness (QED) is 0.787. The Morgan fingerprint density at radius 3 is 2.50 bits per heavy atom. The third-order valence-corrected chi connectivity index (χ3v) is 3.38. The van der Waals surface area contributed by atoms with Gasteiger partial charge >= 0.3 is 0 Å². The van der Waals surface area contributed by atoms with Gasteiger partial charge in [0, 0.05) is 12.6 Å². The number of hydrogen-bond acceptors (Lipinski definition) is 3. The average Bonchev–Trinajstić information content (AvgIpc) is 2.47. The number of rotatable bonds is 5. The number of carbonyl (C=O) groups excluding carboxylic acids is 1. The van der Waals surface area contributed by atoms with Crippen LogP contribution in [0.5, 0.6) is 5.75 Å². The van der Waals surface area contributed by atoms with Crippen LogP contribution in [-0.4, -0.2) is 26.5 Å². The molecule has 0 radical (unpaired) electrons. The van der Waals surface area contributed by atoms with Gasteiger partial charge in [-0.2, -0.15) is 0 Å². The number of halogens is 1. The highest BCUT2D eigenvalue weighted by molar-refractivity contribution is 6.34. The minimum absolute atomic E-state index is 0.0241. The van der Waals surface area contributed by atoms with Gasteiger partial charge in [0.05, 0.1) is 24.4 Å². The maximum atomic E-state index is 12.3. The molecule has 2 rings (SSSR count). The lowest BCUT2D eigenvalue weighted by Gasteiger charge is -2.21. The molecule has 0 atom stereocenters. The molecule has 0 saturated carbocycles. The summed E-state index contributed by atoms with van der Waals surface area (Å²) in [5, 5.41) is 0.478. The van der Waals surface area contributed by atoms with Gasteiger partial charge in [-0.3, -0.25) is 4.79 Å². The number of likely N-dealkylation sites (N-methyl/N-ethyl adjacent to an activating group) is 1. The molecule has 3 nitrogen and oxygen atoms in total. The number of anilines is 1. The second-order valence-electron chi connectivity index (χ2n) is 4.43. The van der Waals surface area contributed by atoms with Crippen molar-refractivity contribution in [3.05, 3.63) is 59.1 Å². The monoisotopic (exact) mass is 289 g/mol. The molecule has 0 aliphatic heterocycles. The average molecular weight is 290 g/mol. The highest BCUT2D eigenvalue weighted by atomic mass is 35.5. The fourth-order valence-corrected chi connectivity index (χ4v) is 2.26. The van der Waals surface area contributed by atoms with Crippen LogP contribution in [0.25, 0.3) is 0 Å². The largest absolute Gasteiger partial charge is 0.495 e. The van der Waals surface area contributed by atoms with Crippen LogP contribution >= 0.6 is 11.6 Å². The standard InChI is InChI=1S/C16H16ClNO2/c1-18(14-9-5-6-10-16(14)20-2)11-15(19)12-7-3-4-8-13(12)17/h3-10H,11H2,1-2H3.